The van der Waals surface area contributed by atoms with Crippen LogP contribution in [0.4, 0.5) is 17.1 Å². The summed E-state index contributed by atoms with van der Waals surface area (Å²) in [5.74, 6) is -0.644. The highest BCUT2D eigenvalue weighted by atomic mass is 35.5. The van der Waals surface area contributed by atoms with Crippen LogP contribution < -0.4 is 9.62 Å². The van der Waals surface area contributed by atoms with Crippen molar-refractivity contribution in [1.29, 1.82) is 0 Å². The number of nitrogens with zero attached hydrogens (tertiary/aromatic N) is 2. The summed E-state index contributed by atoms with van der Waals surface area (Å²) in [5, 5.41) is 14.1. The first-order chi connectivity index (χ1) is 15.1. The number of nitro groups is 1. The van der Waals surface area contributed by atoms with E-state index in [-0.39, 0.29) is 21.8 Å². The molecular formula is C22H20ClN3O5S. The van der Waals surface area contributed by atoms with E-state index in [9.17, 15) is 23.3 Å². The number of hydrogen-bond donors (Lipinski definition) is 1. The molecule has 8 nitrogen and oxygen atoms in total. The Morgan fingerprint density at radius 3 is 2.31 bits per heavy atom. The Kier molecular flexibility index (Phi) is 6.81. The van der Waals surface area contributed by atoms with Crippen molar-refractivity contribution in [3.8, 4) is 0 Å². The van der Waals surface area contributed by atoms with E-state index in [0.29, 0.717) is 16.3 Å². The van der Waals surface area contributed by atoms with Crippen LogP contribution in [0.25, 0.3) is 0 Å². The Morgan fingerprint density at radius 2 is 1.69 bits per heavy atom. The largest absolute Gasteiger partial charge is 0.324 e. The zero-order valence-electron chi connectivity index (χ0n) is 17.3. The Bertz CT molecular complexity index is 1280. The average molecular weight is 474 g/mol. The minimum Gasteiger partial charge on any atom is -0.324 e. The number of nitro benzene ring substituents is 1. The smallest absolute Gasteiger partial charge is 0.274 e. The van der Waals surface area contributed by atoms with Gasteiger partial charge in [0.15, 0.2) is 0 Å². The number of carbonyl (C=O) groups is 1. The fourth-order valence-electron chi connectivity index (χ4n) is 3.15. The molecule has 0 heterocycles. The van der Waals surface area contributed by atoms with E-state index in [2.05, 4.69) is 5.32 Å². The molecule has 0 saturated carbocycles. The van der Waals surface area contributed by atoms with Crippen LogP contribution in [-0.2, 0) is 14.8 Å². The molecule has 1 N–H and O–H groups in total. The molecule has 0 bridgehead atoms. The topological polar surface area (TPSA) is 110 Å². The van der Waals surface area contributed by atoms with E-state index in [1.54, 1.807) is 31.2 Å². The maximum absolute atomic E-state index is 13.4. The van der Waals surface area contributed by atoms with Gasteiger partial charge < -0.3 is 5.32 Å². The van der Waals surface area contributed by atoms with Gasteiger partial charge in [-0.05, 0) is 55.8 Å². The third kappa shape index (κ3) is 4.90. The first-order valence-electron chi connectivity index (χ1n) is 9.49. The van der Waals surface area contributed by atoms with Crippen LogP contribution in [0.5, 0.6) is 0 Å². The summed E-state index contributed by atoms with van der Waals surface area (Å²) < 4.78 is 27.8. The van der Waals surface area contributed by atoms with Crippen molar-refractivity contribution < 1.29 is 18.1 Å². The maximum atomic E-state index is 13.4. The normalized spacial score (nSPS) is 11.1. The lowest BCUT2D eigenvalue weighted by molar-refractivity contribution is -0.385. The first-order valence-corrected chi connectivity index (χ1v) is 11.3. The first kappa shape index (κ1) is 23.2. The van der Waals surface area contributed by atoms with Crippen LogP contribution in [0, 0.1) is 24.0 Å². The molecular weight excluding hydrogens is 454 g/mol. The number of hydrogen-bond acceptors (Lipinski definition) is 5. The van der Waals surface area contributed by atoms with Crippen LogP contribution in [-0.4, -0.2) is 25.8 Å². The van der Waals surface area contributed by atoms with Crippen molar-refractivity contribution in [3.63, 3.8) is 0 Å². The molecule has 1 amide bonds. The lowest BCUT2D eigenvalue weighted by Crippen LogP contribution is -2.38. The molecule has 0 fully saturated rings. The van der Waals surface area contributed by atoms with E-state index >= 15 is 0 Å². The lowest BCUT2D eigenvalue weighted by Gasteiger charge is -2.25. The van der Waals surface area contributed by atoms with E-state index in [4.69, 9.17) is 11.6 Å². The van der Waals surface area contributed by atoms with Crippen molar-refractivity contribution in [2.75, 3.05) is 16.2 Å². The monoisotopic (exact) mass is 473 g/mol. The summed E-state index contributed by atoms with van der Waals surface area (Å²) in [7, 11) is -4.11. The van der Waals surface area contributed by atoms with Gasteiger partial charge in [0.1, 0.15) is 6.54 Å². The molecule has 0 aromatic heterocycles. The van der Waals surface area contributed by atoms with Crippen LogP contribution in [0.15, 0.2) is 71.6 Å². The van der Waals surface area contributed by atoms with E-state index in [1.807, 2.05) is 0 Å². The molecule has 3 rings (SSSR count). The predicted octanol–water partition coefficient (Wildman–Crippen LogP) is 4.70. The molecule has 3 aromatic rings. The Morgan fingerprint density at radius 1 is 1.03 bits per heavy atom. The van der Waals surface area contributed by atoms with Crippen LogP contribution in [0.3, 0.4) is 0 Å². The van der Waals surface area contributed by atoms with Crippen LogP contribution in [0.1, 0.15) is 11.1 Å². The molecule has 166 valence electrons. The van der Waals surface area contributed by atoms with Gasteiger partial charge in [0.2, 0.25) is 5.91 Å². The molecule has 0 spiro atoms. The van der Waals surface area contributed by atoms with Gasteiger partial charge in [-0.3, -0.25) is 19.2 Å². The SMILES string of the molecule is Cc1ccccc1N(CC(=O)Nc1cccc([N+](=O)[O-])c1C)S(=O)(=O)c1ccc(Cl)cc1. The molecule has 0 radical (unpaired) electrons. The summed E-state index contributed by atoms with van der Waals surface area (Å²) in [5.41, 5.74) is 1.36. The summed E-state index contributed by atoms with van der Waals surface area (Å²) in [6.45, 7) is 2.72. The number of rotatable bonds is 7. The number of sulfonamides is 1. The van der Waals surface area contributed by atoms with Crippen LogP contribution >= 0.6 is 11.6 Å². The highest BCUT2D eigenvalue weighted by molar-refractivity contribution is 7.92. The average Bonchev–Trinajstić information content (AvgIpc) is 2.74. The Balaban J connectivity index is 1.98. The van der Waals surface area contributed by atoms with Crippen molar-refractivity contribution >= 4 is 44.6 Å². The number of halogens is 1. The number of carbonyl (C=O) groups excluding carboxylic acids is 1. The molecule has 0 unspecified atom stereocenters. The second kappa shape index (κ2) is 9.37. The number of nitrogens with one attached hydrogen (secondary N) is 1. The maximum Gasteiger partial charge on any atom is 0.274 e. The number of anilines is 2. The van der Waals surface area contributed by atoms with Crippen LogP contribution in [0.2, 0.25) is 5.02 Å². The van der Waals surface area contributed by atoms with Gasteiger partial charge in [0, 0.05) is 11.1 Å². The highest BCUT2D eigenvalue weighted by Gasteiger charge is 2.28. The zero-order chi connectivity index (χ0) is 23.5. The quantitative estimate of drug-likeness (QED) is 0.395. The molecule has 0 saturated heterocycles. The summed E-state index contributed by atoms with van der Waals surface area (Å²) >= 11 is 5.89. The molecule has 0 aliphatic carbocycles. The third-order valence-electron chi connectivity index (χ3n) is 4.85. The van der Waals surface area contributed by atoms with E-state index in [1.165, 1.54) is 49.4 Å². The van der Waals surface area contributed by atoms with Gasteiger partial charge in [-0.1, -0.05) is 35.9 Å². The standard InChI is InChI=1S/C22H20ClN3O5S/c1-15-6-3-4-8-20(15)25(32(30,31)18-12-10-17(23)11-13-18)14-22(27)24-19-7-5-9-21(16(19)2)26(28)29/h3-13H,14H2,1-2H3,(H,24,27). The van der Waals surface area contributed by atoms with Gasteiger partial charge >= 0.3 is 0 Å². The van der Waals surface area contributed by atoms with E-state index in [0.717, 1.165) is 4.31 Å². The second-order valence-corrected chi connectivity index (χ2v) is 9.31. The van der Waals surface area contributed by atoms with Gasteiger partial charge in [0.25, 0.3) is 15.7 Å². The summed E-state index contributed by atoms with van der Waals surface area (Å²) in [6.07, 6.45) is 0. The van der Waals surface area contributed by atoms with Gasteiger partial charge in [-0.25, -0.2) is 8.42 Å². The predicted molar refractivity (Wildman–Crippen MR) is 124 cm³/mol. The Hall–Kier alpha value is -3.43. The minimum absolute atomic E-state index is 0.0236. The molecule has 0 atom stereocenters. The molecule has 0 aliphatic rings. The van der Waals surface area contributed by atoms with E-state index < -0.39 is 27.4 Å². The lowest BCUT2D eigenvalue weighted by atomic mass is 10.1. The molecule has 3 aromatic carbocycles. The molecule has 0 aliphatic heterocycles. The number of benzene rings is 3. The summed E-state index contributed by atoms with van der Waals surface area (Å²) in [6, 6.07) is 16.7. The van der Waals surface area contributed by atoms with Crippen molar-refractivity contribution in [1.82, 2.24) is 0 Å². The van der Waals surface area contributed by atoms with Crippen molar-refractivity contribution in [2.45, 2.75) is 18.7 Å². The van der Waals surface area contributed by atoms with Crippen molar-refractivity contribution in [2.24, 2.45) is 0 Å². The summed E-state index contributed by atoms with van der Waals surface area (Å²) in [4.78, 5) is 23.5. The van der Waals surface area contributed by atoms with Gasteiger partial charge in [-0.15, -0.1) is 0 Å². The fourth-order valence-corrected chi connectivity index (χ4v) is 4.77. The molecule has 32 heavy (non-hydrogen) atoms. The second-order valence-electron chi connectivity index (χ2n) is 7.01. The van der Waals surface area contributed by atoms with Crippen molar-refractivity contribution in [3.05, 3.63) is 93.0 Å². The number of aryl methyl sites for hydroxylation is 1. The Labute approximate surface area is 190 Å². The van der Waals surface area contributed by atoms with Gasteiger partial charge in [0.05, 0.1) is 26.8 Å². The third-order valence-corrected chi connectivity index (χ3v) is 6.87. The number of para-hydroxylation sites is 1. The molecule has 10 heteroatoms. The van der Waals surface area contributed by atoms with Gasteiger partial charge in [-0.2, -0.15) is 0 Å². The fraction of sp³-hybridized carbons (Fsp3) is 0.136. The highest BCUT2D eigenvalue weighted by Crippen LogP contribution is 2.28. The number of amides is 1. The minimum atomic E-state index is -4.11. The zero-order valence-corrected chi connectivity index (χ0v) is 18.9.